The van der Waals surface area contributed by atoms with Gasteiger partial charge >= 0.3 is 0 Å². The largest absolute Gasteiger partial charge is 0.394 e. The first-order chi connectivity index (χ1) is 8.72. The second-order valence-corrected chi connectivity index (χ2v) is 4.69. The molecule has 0 unspecified atom stereocenters. The molecule has 1 aliphatic heterocycles. The molecule has 2 aromatic rings. The topological polar surface area (TPSA) is 47.1 Å². The van der Waals surface area contributed by atoms with Gasteiger partial charge in [-0.3, -0.25) is 4.68 Å². The van der Waals surface area contributed by atoms with Crippen LogP contribution in [0.25, 0.3) is 0 Å². The highest BCUT2D eigenvalue weighted by Crippen LogP contribution is 2.38. The van der Waals surface area contributed by atoms with Gasteiger partial charge in [0, 0.05) is 19.3 Å². The van der Waals surface area contributed by atoms with Crippen molar-refractivity contribution >= 4 is 17.2 Å². The molecule has 1 aromatic heterocycles. The van der Waals surface area contributed by atoms with Crippen LogP contribution in [0.3, 0.4) is 0 Å². The lowest BCUT2D eigenvalue weighted by Gasteiger charge is -2.20. The van der Waals surface area contributed by atoms with Gasteiger partial charge in [-0.2, -0.15) is 5.10 Å². The summed E-state index contributed by atoms with van der Waals surface area (Å²) in [5, 5.41) is 4.50. The van der Waals surface area contributed by atoms with Gasteiger partial charge in [-0.25, -0.2) is 0 Å². The first-order valence-electron chi connectivity index (χ1n) is 6.39. The predicted molar refractivity (Wildman–Crippen MR) is 74.2 cm³/mol. The zero-order chi connectivity index (χ0) is 12.7. The monoisotopic (exact) mass is 242 g/mol. The third-order valence-corrected chi connectivity index (χ3v) is 3.61. The van der Waals surface area contributed by atoms with Crippen molar-refractivity contribution in [3.05, 3.63) is 35.5 Å². The molecule has 4 nitrogen and oxygen atoms in total. The average Bonchev–Trinajstić information content (AvgIpc) is 2.91. The van der Waals surface area contributed by atoms with Gasteiger partial charge in [0.2, 0.25) is 0 Å². The van der Waals surface area contributed by atoms with Gasteiger partial charge in [-0.15, -0.1) is 0 Å². The van der Waals surface area contributed by atoms with Crippen molar-refractivity contribution in [2.45, 2.75) is 19.8 Å². The molecule has 94 valence electrons. The highest BCUT2D eigenvalue weighted by molar-refractivity contribution is 5.77. The van der Waals surface area contributed by atoms with Crippen LogP contribution in [-0.2, 0) is 19.9 Å². The number of rotatable bonds is 2. The number of nitrogens with zero attached hydrogens (tertiary/aromatic N) is 3. The summed E-state index contributed by atoms with van der Waals surface area (Å²) in [6.07, 6.45) is 1.94. The summed E-state index contributed by atoms with van der Waals surface area (Å²) in [4.78, 5) is 2.27. The van der Waals surface area contributed by atoms with Gasteiger partial charge in [0.25, 0.3) is 0 Å². The normalized spacial score (nSPS) is 14.0. The van der Waals surface area contributed by atoms with E-state index in [1.807, 2.05) is 11.7 Å². The van der Waals surface area contributed by atoms with Crippen LogP contribution < -0.4 is 10.6 Å². The highest BCUT2D eigenvalue weighted by Gasteiger charge is 2.25. The number of fused-ring (bicyclic) bond motifs is 1. The molecule has 0 bridgehead atoms. The zero-order valence-electron chi connectivity index (χ0n) is 10.8. The summed E-state index contributed by atoms with van der Waals surface area (Å²) in [6, 6.07) is 8.50. The van der Waals surface area contributed by atoms with Crippen LogP contribution in [0, 0.1) is 0 Å². The lowest BCUT2D eigenvalue weighted by Crippen LogP contribution is -2.18. The fraction of sp³-hybridized carbons (Fsp3) is 0.357. The zero-order valence-corrected chi connectivity index (χ0v) is 10.8. The molecule has 0 spiro atoms. The number of aromatic nitrogens is 2. The summed E-state index contributed by atoms with van der Waals surface area (Å²) in [6.45, 7) is 3.06. The molecular weight excluding hydrogens is 224 g/mol. The quantitative estimate of drug-likeness (QED) is 0.878. The van der Waals surface area contributed by atoms with Gasteiger partial charge < -0.3 is 10.6 Å². The number of aryl methyl sites for hydroxylation is 2. The molecular formula is C14H18N4. The maximum atomic E-state index is 6.23. The lowest BCUT2D eigenvalue weighted by atomic mass is 10.2. The number of anilines is 3. The van der Waals surface area contributed by atoms with Crippen LogP contribution in [0.1, 0.15) is 18.2 Å². The average molecular weight is 242 g/mol. The van der Waals surface area contributed by atoms with E-state index in [1.165, 1.54) is 11.3 Å². The lowest BCUT2D eigenvalue weighted by molar-refractivity contribution is 0.734. The van der Waals surface area contributed by atoms with Gasteiger partial charge in [-0.05, 0) is 24.5 Å². The third-order valence-electron chi connectivity index (χ3n) is 3.61. The van der Waals surface area contributed by atoms with E-state index >= 15 is 0 Å². The minimum Gasteiger partial charge on any atom is -0.394 e. The van der Waals surface area contributed by atoms with E-state index in [9.17, 15) is 0 Å². The summed E-state index contributed by atoms with van der Waals surface area (Å²) in [5.41, 5.74) is 10.7. The Morgan fingerprint density at radius 3 is 2.83 bits per heavy atom. The number of nitrogens with two attached hydrogens (primary N) is 1. The van der Waals surface area contributed by atoms with E-state index in [1.54, 1.807) is 0 Å². The van der Waals surface area contributed by atoms with E-state index in [0.29, 0.717) is 0 Å². The molecule has 2 heterocycles. The molecule has 2 N–H and O–H groups in total. The van der Waals surface area contributed by atoms with E-state index in [-0.39, 0.29) is 0 Å². The Morgan fingerprint density at radius 1 is 1.33 bits per heavy atom. The molecule has 18 heavy (non-hydrogen) atoms. The van der Waals surface area contributed by atoms with Crippen LogP contribution in [0.2, 0.25) is 0 Å². The minimum atomic E-state index is 0.816. The number of hydrogen-bond donors (Lipinski definition) is 1. The Bertz CT molecular complexity index is 585. The first kappa shape index (κ1) is 11.1. The number of para-hydroxylation sites is 1. The van der Waals surface area contributed by atoms with Crippen LogP contribution >= 0.6 is 0 Å². The predicted octanol–water partition coefficient (Wildman–Crippen LogP) is 2.26. The Morgan fingerprint density at radius 2 is 2.11 bits per heavy atom. The maximum Gasteiger partial charge on any atom is 0.154 e. The van der Waals surface area contributed by atoms with Gasteiger partial charge in [0.1, 0.15) is 0 Å². The van der Waals surface area contributed by atoms with Crippen molar-refractivity contribution < 1.29 is 0 Å². The van der Waals surface area contributed by atoms with Crippen LogP contribution in [0.4, 0.5) is 17.2 Å². The van der Waals surface area contributed by atoms with Crippen molar-refractivity contribution in [2.75, 3.05) is 17.2 Å². The maximum absolute atomic E-state index is 6.23. The van der Waals surface area contributed by atoms with Crippen molar-refractivity contribution in [3.63, 3.8) is 0 Å². The molecule has 0 amide bonds. The molecule has 0 radical (unpaired) electrons. The Kier molecular flexibility index (Phi) is 2.51. The standard InChI is InChI=1S/C14H18N4/c1-3-11-13(15)14(17(2)16-11)18-9-8-10-6-4-5-7-12(10)18/h4-7H,3,8-9,15H2,1-2H3. The summed E-state index contributed by atoms with van der Waals surface area (Å²) < 4.78 is 1.90. The number of benzene rings is 1. The van der Waals surface area contributed by atoms with Crippen molar-refractivity contribution in [3.8, 4) is 0 Å². The summed E-state index contributed by atoms with van der Waals surface area (Å²) in [5.74, 6) is 1.02. The van der Waals surface area contributed by atoms with Gasteiger partial charge in [0.05, 0.1) is 11.4 Å². The molecule has 0 saturated carbocycles. The second-order valence-electron chi connectivity index (χ2n) is 4.69. The molecule has 0 aliphatic carbocycles. The molecule has 0 fully saturated rings. The Labute approximate surface area is 107 Å². The molecule has 0 atom stereocenters. The van der Waals surface area contributed by atoms with Crippen LogP contribution in [0.5, 0.6) is 0 Å². The van der Waals surface area contributed by atoms with Crippen molar-refractivity contribution in [1.82, 2.24) is 9.78 Å². The van der Waals surface area contributed by atoms with E-state index in [4.69, 9.17) is 5.73 Å². The fourth-order valence-electron chi connectivity index (χ4n) is 2.73. The molecule has 3 rings (SSSR count). The SMILES string of the molecule is CCc1nn(C)c(N2CCc3ccccc32)c1N. The van der Waals surface area contributed by atoms with E-state index < -0.39 is 0 Å². The Balaban J connectivity index is 2.10. The van der Waals surface area contributed by atoms with Crippen molar-refractivity contribution in [1.29, 1.82) is 0 Å². The molecule has 0 saturated heterocycles. The smallest absolute Gasteiger partial charge is 0.154 e. The fourth-order valence-corrected chi connectivity index (χ4v) is 2.73. The minimum absolute atomic E-state index is 0.816. The van der Waals surface area contributed by atoms with E-state index in [0.717, 1.165) is 36.6 Å². The van der Waals surface area contributed by atoms with Gasteiger partial charge in [-0.1, -0.05) is 25.1 Å². The summed E-state index contributed by atoms with van der Waals surface area (Å²) >= 11 is 0. The Hall–Kier alpha value is -1.97. The number of nitrogen functional groups attached to an aromatic ring is 1. The first-order valence-corrected chi connectivity index (χ1v) is 6.39. The molecule has 4 heteroatoms. The van der Waals surface area contributed by atoms with Crippen molar-refractivity contribution in [2.24, 2.45) is 7.05 Å². The van der Waals surface area contributed by atoms with Crippen LogP contribution in [0.15, 0.2) is 24.3 Å². The number of hydrogen-bond acceptors (Lipinski definition) is 3. The van der Waals surface area contributed by atoms with E-state index in [2.05, 4.69) is 41.2 Å². The van der Waals surface area contributed by atoms with Gasteiger partial charge in [0.15, 0.2) is 5.82 Å². The van der Waals surface area contributed by atoms with Crippen LogP contribution in [-0.4, -0.2) is 16.3 Å². The second kappa shape index (κ2) is 4.05. The third kappa shape index (κ3) is 1.49. The highest BCUT2D eigenvalue weighted by atomic mass is 15.4. The molecule has 1 aromatic carbocycles. The molecule has 1 aliphatic rings. The summed E-state index contributed by atoms with van der Waals surface area (Å²) in [7, 11) is 1.96.